The molecule has 1 fully saturated rings. The molecule has 192 valence electrons. The van der Waals surface area contributed by atoms with Crippen LogP contribution < -0.4 is 4.74 Å². The van der Waals surface area contributed by atoms with E-state index in [0.717, 1.165) is 71.9 Å². The zero-order valence-electron chi connectivity index (χ0n) is 20.6. The van der Waals surface area contributed by atoms with E-state index in [2.05, 4.69) is 20.1 Å². The number of carboxylic acid groups (broad SMARTS) is 1. The van der Waals surface area contributed by atoms with E-state index in [9.17, 15) is 15.0 Å². The van der Waals surface area contributed by atoms with Gasteiger partial charge < -0.3 is 19.8 Å². The molecule has 0 aliphatic carbocycles. The smallest absolute Gasteiger partial charge is 0.303 e. The van der Waals surface area contributed by atoms with Crippen LogP contribution in [0.3, 0.4) is 0 Å². The van der Waals surface area contributed by atoms with Gasteiger partial charge in [-0.1, -0.05) is 0 Å². The Morgan fingerprint density at radius 2 is 2.14 bits per heavy atom. The normalized spacial score (nSPS) is 19.3. The van der Waals surface area contributed by atoms with Crippen molar-refractivity contribution in [3.63, 3.8) is 0 Å². The number of aliphatic hydroxyl groups is 1. The lowest BCUT2D eigenvalue weighted by Crippen LogP contribution is -2.42. The number of pyridine rings is 1. The number of ether oxygens (including phenoxy) is 1. The number of aromatic nitrogens is 3. The van der Waals surface area contributed by atoms with E-state index in [0.29, 0.717) is 6.42 Å². The highest BCUT2D eigenvalue weighted by atomic mass is 32.2. The van der Waals surface area contributed by atoms with Gasteiger partial charge in [-0.2, -0.15) is 5.10 Å². The van der Waals surface area contributed by atoms with E-state index < -0.39 is 12.1 Å². The molecule has 0 bridgehead atoms. The molecule has 9 heteroatoms. The van der Waals surface area contributed by atoms with Gasteiger partial charge in [-0.05, 0) is 92.6 Å². The Hall–Kier alpha value is -2.75. The van der Waals surface area contributed by atoms with Gasteiger partial charge in [0.2, 0.25) is 0 Å². The molecule has 1 aliphatic heterocycles. The Labute approximate surface area is 216 Å². The van der Waals surface area contributed by atoms with Crippen molar-refractivity contribution >= 4 is 28.6 Å². The van der Waals surface area contributed by atoms with Gasteiger partial charge in [0.1, 0.15) is 10.8 Å². The lowest BCUT2D eigenvalue weighted by molar-refractivity contribution is -0.139. The first kappa shape index (κ1) is 26.3. The summed E-state index contributed by atoms with van der Waals surface area (Å²) < 4.78 is 5.35. The fourth-order valence-electron chi connectivity index (χ4n) is 5.12. The molecule has 4 rings (SSSR count). The van der Waals surface area contributed by atoms with Gasteiger partial charge in [-0.25, -0.2) is 0 Å². The maximum Gasteiger partial charge on any atom is 0.303 e. The summed E-state index contributed by atoms with van der Waals surface area (Å²) in [6.45, 7) is 2.70. The Morgan fingerprint density at radius 1 is 1.25 bits per heavy atom. The predicted molar refractivity (Wildman–Crippen MR) is 140 cm³/mol. The summed E-state index contributed by atoms with van der Waals surface area (Å²) >= 11 is 1.70. The number of fused-ring (bicyclic) bond motifs is 1. The minimum Gasteiger partial charge on any atom is -0.497 e. The third-order valence-electron chi connectivity index (χ3n) is 6.98. The van der Waals surface area contributed by atoms with Gasteiger partial charge in [0, 0.05) is 36.5 Å². The molecule has 3 atom stereocenters. The van der Waals surface area contributed by atoms with Crippen LogP contribution in [-0.2, 0) is 4.79 Å². The average molecular weight is 511 g/mol. The van der Waals surface area contributed by atoms with E-state index >= 15 is 0 Å². The zero-order chi connectivity index (χ0) is 25.3. The molecule has 1 aliphatic rings. The van der Waals surface area contributed by atoms with Crippen LogP contribution in [0.15, 0.2) is 53.8 Å². The van der Waals surface area contributed by atoms with Gasteiger partial charge in [0.05, 0.1) is 18.7 Å². The van der Waals surface area contributed by atoms with Crippen LogP contribution in [0.4, 0.5) is 0 Å². The summed E-state index contributed by atoms with van der Waals surface area (Å²) in [4.78, 5) is 18.4. The van der Waals surface area contributed by atoms with Crippen LogP contribution in [0.1, 0.15) is 43.8 Å². The summed E-state index contributed by atoms with van der Waals surface area (Å²) in [6, 6.07) is 11.4. The van der Waals surface area contributed by atoms with E-state index in [1.54, 1.807) is 31.3 Å². The second kappa shape index (κ2) is 13.0. The number of likely N-dealkylation sites (tertiary alicyclic amines) is 1. The van der Waals surface area contributed by atoms with Gasteiger partial charge in [-0.15, -0.1) is 16.9 Å². The van der Waals surface area contributed by atoms with Crippen molar-refractivity contribution in [2.45, 2.75) is 43.2 Å². The molecule has 1 aromatic carbocycles. The average Bonchev–Trinajstić information content (AvgIpc) is 2.90. The van der Waals surface area contributed by atoms with Crippen molar-refractivity contribution in [2.75, 3.05) is 32.5 Å². The fourth-order valence-corrected chi connectivity index (χ4v) is 5.88. The maximum absolute atomic E-state index is 11.6. The molecule has 1 unspecified atom stereocenters. The SMILES string of the molecule is COc1ccc2nccc(C(O)CC[C@@H]3CCN(CCCSc4cccnn4)C[C@@H]3CC(=O)O)c2c1. The molecule has 0 spiro atoms. The predicted octanol–water partition coefficient (Wildman–Crippen LogP) is 4.44. The van der Waals surface area contributed by atoms with Gasteiger partial charge in [0.15, 0.2) is 0 Å². The molecule has 2 aromatic heterocycles. The van der Waals surface area contributed by atoms with Crippen molar-refractivity contribution < 1.29 is 19.7 Å². The number of carbonyl (C=O) groups is 1. The Bertz CT molecular complexity index is 1130. The van der Waals surface area contributed by atoms with Crippen molar-refractivity contribution in [2.24, 2.45) is 11.8 Å². The van der Waals surface area contributed by atoms with Crippen LogP contribution in [0.2, 0.25) is 0 Å². The van der Waals surface area contributed by atoms with Gasteiger partial charge in [-0.3, -0.25) is 9.78 Å². The number of rotatable bonds is 12. The van der Waals surface area contributed by atoms with Gasteiger partial charge >= 0.3 is 5.97 Å². The highest BCUT2D eigenvalue weighted by molar-refractivity contribution is 7.99. The summed E-state index contributed by atoms with van der Waals surface area (Å²) in [5.74, 6) is 1.30. The molecule has 36 heavy (non-hydrogen) atoms. The highest BCUT2D eigenvalue weighted by Crippen LogP contribution is 2.35. The van der Waals surface area contributed by atoms with Crippen molar-refractivity contribution in [3.05, 3.63) is 54.4 Å². The summed E-state index contributed by atoms with van der Waals surface area (Å²) in [5.41, 5.74) is 1.66. The number of aliphatic hydroxyl groups excluding tert-OH is 1. The summed E-state index contributed by atoms with van der Waals surface area (Å²) in [7, 11) is 1.62. The Balaban J connectivity index is 1.31. The lowest BCUT2D eigenvalue weighted by Gasteiger charge is -2.38. The molecule has 3 aromatic rings. The molecule has 8 nitrogen and oxygen atoms in total. The quantitative estimate of drug-likeness (QED) is 0.270. The topological polar surface area (TPSA) is 109 Å². The monoisotopic (exact) mass is 510 g/mol. The molecular formula is C27H34N4O4S. The first-order chi connectivity index (χ1) is 17.5. The molecule has 1 saturated heterocycles. The lowest BCUT2D eigenvalue weighted by atomic mass is 9.79. The Kier molecular flexibility index (Phi) is 9.49. The third-order valence-corrected chi connectivity index (χ3v) is 7.99. The van der Waals surface area contributed by atoms with Crippen molar-refractivity contribution in [3.8, 4) is 5.75 Å². The Morgan fingerprint density at radius 3 is 2.92 bits per heavy atom. The second-order valence-electron chi connectivity index (χ2n) is 9.35. The van der Waals surface area contributed by atoms with E-state index in [4.69, 9.17) is 4.74 Å². The van der Waals surface area contributed by atoms with E-state index in [1.165, 1.54) is 0 Å². The number of aliphatic carboxylic acids is 1. The number of carboxylic acids is 1. The van der Waals surface area contributed by atoms with Crippen molar-refractivity contribution in [1.29, 1.82) is 0 Å². The van der Waals surface area contributed by atoms with Crippen LogP contribution >= 0.6 is 11.8 Å². The minimum absolute atomic E-state index is 0.0883. The number of hydrogen-bond acceptors (Lipinski definition) is 8. The second-order valence-corrected chi connectivity index (χ2v) is 10.5. The largest absolute Gasteiger partial charge is 0.497 e. The van der Waals surface area contributed by atoms with Crippen LogP contribution in [0, 0.1) is 11.8 Å². The molecule has 2 N–H and O–H groups in total. The summed E-state index contributed by atoms with van der Waals surface area (Å²) in [5, 5.41) is 30.4. The van der Waals surface area contributed by atoms with E-state index in [-0.39, 0.29) is 18.3 Å². The van der Waals surface area contributed by atoms with E-state index in [1.807, 2.05) is 36.4 Å². The standard InChI is InChI=1S/C27H34N4O4S/c1-35-21-6-7-24-23(17-21)22(9-12-28-24)25(32)8-5-19-10-14-31(18-20(19)16-27(33)34)13-3-15-36-26-4-2-11-29-30-26/h2,4,6-7,9,11-12,17,19-20,25,32H,3,5,8,10,13-16,18H2,1H3,(H,33,34)/t19-,20+,25?/m1/s1. The minimum atomic E-state index is -0.752. The molecule has 0 amide bonds. The molecule has 3 heterocycles. The maximum atomic E-state index is 11.6. The summed E-state index contributed by atoms with van der Waals surface area (Å²) in [6.07, 6.45) is 6.28. The number of thioether (sulfide) groups is 1. The molecule has 0 radical (unpaired) electrons. The van der Waals surface area contributed by atoms with Crippen LogP contribution in [0.5, 0.6) is 5.75 Å². The first-order valence-electron chi connectivity index (χ1n) is 12.5. The number of benzene rings is 1. The first-order valence-corrected chi connectivity index (χ1v) is 13.5. The fraction of sp³-hybridized carbons (Fsp3) is 0.481. The molecular weight excluding hydrogens is 476 g/mol. The highest BCUT2D eigenvalue weighted by Gasteiger charge is 2.31. The zero-order valence-corrected chi connectivity index (χ0v) is 21.4. The van der Waals surface area contributed by atoms with Crippen molar-refractivity contribution in [1.82, 2.24) is 20.1 Å². The number of nitrogens with zero attached hydrogens (tertiary/aromatic N) is 4. The molecule has 0 saturated carbocycles. The number of piperidine rings is 1. The third kappa shape index (κ3) is 7.15. The van der Waals surface area contributed by atoms with Crippen LogP contribution in [-0.4, -0.2) is 68.8 Å². The van der Waals surface area contributed by atoms with Gasteiger partial charge in [0.25, 0.3) is 0 Å². The number of methoxy groups -OCH3 is 1. The number of hydrogen-bond donors (Lipinski definition) is 2. The van der Waals surface area contributed by atoms with Crippen LogP contribution in [0.25, 0.3) is 10.9 Å².